The molecule has 0 unspecified atom stereocenters. The summed E-state index contributed by atoms with van der Waals surface area (Å²) in [7, 11) is 0. The van der Waals surface area contributed by atoms with Gasteiger partial charge in [-0.25, -0.2) is 0 Å². The summed E-state index contributed by atoms with van der Waals surface area (Å²) < 4.78 is 0. The minimum absolute atomic E-state index is 0.0223. The number of aromatic hydroxyl groups is 1. The van der Waals surface area contributed by atoms with E-state index in [1.807, 2.05) is 0 Å². The van der Waals surface area contributed by atoms with Gasteiger partial charge in [0, 0.05) is 12.2 Å². The second-order valence-electron chi connectivity index (χ2n) is 3.89. The first-order valence-corrected chi connectivity index (χ1v) is 5.20. The maximum Gasteiger partial charge on any atom is 0.253 e. The van der Waals surface area contributed by atoms with E-state index in [4.69, 9.17) is 0 Å². The largest absolute Gasteiger partial charge is 0.506 e. The van der Waals surface area contributed by atoms with Crippen LogP contribution in [-0.2, 0) is 0 Å². The monoisotopic (exact) mass is 206 g/mol. The van der Waals surface area contributed by atoms with Crippen LogP contribution in [0.5, 0.6) is 5.75 Å². The predicted molar refractivity (Wildman–Crippen MR) is 55.6 cm³/mol. The highest BCUT2D eigenvalue weighted by molar-refractivity contribution is 5.94. The van der Waals surface area contributed by atoms with E-state index in [0.717, 1.165) is 12.8 Å². The average molecular weight is 206 g/mol. The van der Waals surface area contributed by atoms with Crippen molar-refractivity contribution in [2.45, 2.75) is 31.7 Å². The maximum atomic E-state index is 11.7. The first kappa shape index (κ1) is 9.96. The number of pyridine rings is 1. The molecule has 4 nitrogen and oxygen atoms in total. The lowest BCUT2D eigenvalue weighted by atomic mass is 10.2. The molecule has 1 fully saturated rings. The third-order valence-corrected chi connectivity index (χ3v) is 2.68. The fourth-order valence-corrected chi connectivity index (χ4v) is 1.89. The van der Waals surface area contributed by atoms with Gasteiger partial charge in [0.25, 0.3) is 5.91 Å². The minimum atomic E-state index is -0.148. The normalized spacial score (nSPS) is 16.5. The van der Waals surface area contributed by atoms with E-state index in [9.17, 15) is 9.90 Å². The van der Waals surface area contributed by atoms with Gasteiger partial charge in [-0.2, -0.15) is 0 Å². The first-order chi connectivity index (χ1) is 7.25. The number of nitrogens with zero attached hydrogens (tertiary/aromatic N) is 1. The number of carbonyl (C=O) groups is 1. The van der Waals surface area contributed by atoms with Gasteiger partial charge < -0.3 is 10.4 Å². The Balaban J connectivity index is 2.01. The van der Waals surface area contributed by atoms with Crippen molar-refractivity contribution >= 4 is 5.91 Å². The molecule has 0 aliphatic heterocycles. The molecule has 1 aliphatic carbocycles. The fraction of sp³-hybridized carbons (Fsp3) is 0.455. The average Bonchev–Trinajstić information content (AvgIpc) is 2.70. The molecule has 0 bridgehead atoms. The molecule has 1 aromatic rings. The summed E-state index contributed by atoms with van der Waals surface area (Å²) >= 11 is 0. The predicted octanol–water partition coefficient (Wildman–Crippen LogP) is 1.46. The van der Waals surface area contributed by atoms with E-state index in [1.54, 1.807) is 0 Å². The van der Waals surface area contributed by atoms with Crippen molar-refractivity contribution in [2.24, 2.45) is 0 Å². The highest BCUT2D eigenvalue weighted by Crippen LogP contribution is 2.18. The summed E-state index contributed by atoms with van der Waals surface area (Å²) in [5.41, 5.74) is 0.418. The Labute approximate surface area is 88.3 Å². The van der Waals surface area contributed by atoms with Gasteiger partial charge in [-0.05, 0) is 18.9 Å². The standard InChI is InChI=1S/C11H14N2O2/c14-10-5-8(6-12-7-10)11(15)13-9-3-1-2-4-9/h5-7,9,14H,1-4H2,(H,13,15). The zero-order valence-electron chi connectivity index (χ0n) is 8.44. The van der Waals surface area contributed by atoms with Gasteiger partial charge in [-0.15, -0.1) is 0 Å². The number of nitrogens with one attached hydrogen (secondary N) is 1. The highest BCUT2D eigenvalue weighted by Gasteiger charge is 2.18. The molecule has 1 amide bonds. The van der Waals surface area contributed by atoms with Crippen LogP contribution in [0.15, 0.2) is 18.5 Å². The van der Waals surface area contributed by atoms with Gasteiger partial charge in [-0.1, -0.05) is 12.8 Å². The van der Waals surface area contributed by atoms with Crippen molar-refractivity contribution in [3.63, 3.8) is 0 Å². The molecular weight excluding hydrogens is 192 g/mol. The lowest BCUT2D eigenvalue weighted by molar-refractivity contribution is 0.0937. The molecule has 1 aromatic heterocycles. The molecule has 2 rings (SSSR count). The van der Waals surface area contributed by atoms with Crippen LogP contribution in [0.2, 0.25) is 0 Å². The van der Waals surface area contributed by atoms with Crippen molar-refractivity contribution in [3.05, 3.63) is 24.0 Å². The van der Waals surface area contributed by atoms with Crippen molar-refractivity contribution in [1.29, 1.82) is 0 Å². The van der Waals surface area contributed by atoms with Gasteiger partial charge in [0.15, 0.2) is 0 Å². The summed E-state index contributed by atoms with van der Waals surface area (Å²) in [5, 5.41) is 12.1. The number of hydrogen-bond donors (Lipinski definition) is 2. The Hall–Kier alpha value is -1.58. The Bertz CT molecular complexity index is 359. The summed E-state index contributed by atoms with van der Waals surface area (Å²) in [6, 6.07) is 1.72. The number of hydrogen-bond acceptors (Lipinski definition) is 3. The van der Waals surface area contributed by atoms with Crippen LogP contribution in [0.25, 0.3) is 0 Å². The topological polar surface area (TPSA) is 62.2 Å². The molecule has 1 saturated carbocycles. The molecule has 0 saturated heterocycles. The van der Waals surface area contributed by atoms with Crippen LogP contribution in [0.4, 0.5) is 0 Å². The smallest absolute Gasteiger partial charge is 0.253 e. The molecule has 2 N–H and O–H groups in total. The van der Waals surface area contributed by atoms with E-state index in [0.29, 0.717) is 11.6 Å². The van der Waals surface area contributed by atoms with Gasteiger partial charge >= 0.3 is 0 Å². The Morgan fingerprint density at radius 3 is 2.80 bits per heavy atom. The molecule has 80 valence electrons. The third-order valence-electron chi connectivity index (χ3n) is 2.68. The second kappa shape index (κ2) is 4.29. The quantitative estimate of drug-likeness (QED) is 0.770. The molecule has 4 heteroatoms. The summed E-state index contributed by atoms with van der Waals surface area (Å²) in [5.74, 6) is -0.126. The number of rotatable bonds is 2. The van der Waals surface area contributed by atoms with Crippen LogP contribution in [-0.4, -0.2) is 22.0 Å². The zero-order chi connectivity index (χ0) is 10.7. The number of carbonyl (C=O) groups excluding carboxylic acids is 1. The van der Waals surface area contributed by atoms with E-state index in [2.05, 4.69) is 10.3 Å². The Morgan fingerprint density at radius 2 is 2.13 bits per heavy atom. The molecule has 0 spiro atoms. The molecule has 0 radical (unpaired) electrons. The van der Waals surface area contributed by atoms with E-state index >= 15 is 0 Å². The maximum absolute atomic E-state index is 11.7. The van der Waals surface area contributed by atoms with Crippen LogP contribution in [0.1, 0.15) is 36.0 Å². The first-order valence-electron chi connectivity index (χ1n) is 5.20. The zero-order valence-corrected chi connectivity index (χ0v) is 8.44. The Kier molecular flexibility index (Phi) is 2.85. The van der Waals surface area contributed by atoms with Crippen molar-refractivity contribution < 1.29 is 9.90 Å². The van der Waals surface area contributed by atoms with Crippen LogP contribution >= 0.6 is 0 Å². The van der Waals surface area contributed by atoms with Crippen molar-refractivity contribution in [2.75, 3.05) is 0 Å². The summed E-state index contributed by atoms with van der Waals surface area (Å²) in [6.07, 6.45) is 7.25. The number of aromatic nitrogens is 1. The molecular formula is C11H14N2O2. The Morgan fingerprint density at radius 1 is 1.40 bits per heavy atom. The third kappa shape index (κ3) is 2.46. The second-order valence-corrected chi connectivity index (χ2v) is 3.89. The fourth-order valence-electron chi connectivity index (χ4n) is 1.89. The van der Waals surface area contributed by atoms with Gasteiger partial charge in [0.05, 0.1) is 11.8 Å². The van der Waals surface area contributed by atoms with Crippen LogP contribution in [0, 0.1) is 0 Å². The van der Waals surface area contributed by atoms with Gasteiger partial charge in [0.2, 0.25) is 0 Å². The number of amides is 1. The van der Waals surface area contributed by atoms with Gasteiger partial charge in [-0.3, -0.25) is 9.78 Å². The molecule has 15 heavy (non-hydrogen) atoms. The summed E-state index contributed by atoms with van der Waals surface area (Å²) in [6.45, 7) is 0. The van der Waals surface area contributed by atoms with Crippen molar-refractivity contribution in [3.8, 4) is 5.75 Å². The lowest BCUT2D eigenvalue weighted by Crippen LogP contribution is -2.32. The summed E-state index contributed by atoms with van der Waals surface area (Å²) in [4.78, 5) is 15.5. The SMILES string of the molecule is O=C(NC1CCCC1)c1cncc(O)c1. The van der Waals surface area contributed by atoms with Gasteiger partial charge in [0.1, 0.15) is 5.75 Å². The highest BCUT2D eigenvalue weighted by atomic mass is 16.3. The van der Waals surface area contributed by atoms with Crippen LogP contribution in [0.3, 0.4) is 0 Å². The molecule has 1 heterocycles. The minimum Gasteiger partial charge on any atom is -0.506 e. The van der Waals surface area contributed by atoms with E-state index < -0.39 is 0 Å². The lowest BCUT2D eigenvalue weighted by Gasteiger charge is -2.11. The van der Waals surface area contributed by atoms with Crippen LogP contribution < -0.4 is 5.32 Å². The van der Waals surface area contributed by atoms with Crippen molar-refractivity contribution in [1.82, 2.24) is 10.3 Å². The molecule has 1 aliphatic rings. The van der Waals surface area contributed by atoms with E-state index in [1.165, 1.54) is 31.3 Å². The molecule has 0 aromatic carbocycles. The molecule has 0 atom stereocenters. The van der Waals surface area contributed by atoms with E-state index in [-0.39, 0.29) is 11.7 Å².